The smallest absolute Gasteiger partial charge is 0.335 e. The molecule has 0 aliphatic carbocycles. The van der Waals surface area contributed by atoms with Gasteiger partial charge in [-0.1, -0.05) is 0 Å². The molecular weight excluding hydrogens is 1380 g/mol. The summed E-state index contributed by atoms with van der Waals surface area (Å²) in [5.74, 6) is -1.97. The van der Waals surface area contributed by atoms with Gasteiger partial charge in [-0.2, -0.15) is 0 Å². The van der Waals surface area contributed by atoms with Crippen LogP contribution in [0.1, 0.15) is 0 Å². The molecule has 10 fully saturated rings. The van der Waals surface area contributed by atoms with Gasteiger partial charge in [-0.3, -0.25) is 0 Å². The lowest BCUT2D eigenvalue weighted by molar-refractivity contribution is -0.431. The van der Waals surface area contributed by atoms with Crippen LogP contribution in [0.15, 0.2) is 0 Å². The Bertz CT molecular complexity index is 2540. The molecule has 100 heavy (non-hydrogen) atoms. The van der Waals surface area contributed by atoms with Crippen molar-refractivity contribution in [3.05, 3.63) is 0 Å². The Morgan fingerprint density at radius 3 is 0.970 bits per heavy atom. The third kappa shape index (κ3) is 16.9. The Labute approximate surface area is 562 Å². The summed E-state index contributed by atoms with van der Waals surface area (Å²) in [5, 5.41) is 285. The molecule has 10 rings (SSSR count). The number of aliphatic hydroxyl groups excluding tert-OH is 25. The van der Waals surface area contributed by atoms with Gasteiger partial charge in [0.05, 0.1) is 59.5 Å². The average molecular weight is 1470 g/mol. The van der Waals surface area contributed by atoms with Crippen molar-refractivity contribution in [2.45, 2.75) is 270 Å². The number of hydrogen-bond acceptors (Lipinski definition) is 45. The van der Waals surface area contributed by atoms with Crippen molar-refractivity contribution >= 4 is 5.97 Å². The first-order chi connectivity index (χ1) is 47.4. The largest absolute Gasteiger partial charge is 0.479 e. The molecule has 0 amide bonds. The zero-order chi connectivity index (χ0) is 72.8. The molecule has 0 aromatic rings. The number of carboxylic acids is 1. The number of carbonyl (C=O) groups is 1. The summed E-state index contributed by atoms with van der Waals surface area (Å²) < 4.78 is 112. The van der Waals surface area contributed by atoms with Gasteiger partial charge >= 0.3 is 5.97 Å². The van der Waals surface area contributed by atoms with Crippen molar-refractivity contribution in [1.29, 1.82) is 0 Å². The zero-order valence-corrected chi connectivity index (χ0v) is 52.1. The van der Waals surface area contributed by atoms with Crippen LogP contribution in [-0.4, -0.2) is 469 Å². The lowest BCUT2D eigenvalue weighted by atomic mass is 9.94. The number of ether oxygens (including phenoxy) is 19. The van der Waals surface area contributed by atoms with Gasteiger partial charge in [0, 0.05) is 0 Å². The summed E-state index contributed by atoms with van der Waals surface area (Å²) in [7, 11) is 0. The summed E-state index contributed by atoms with van der Waals surface area (Å²) in [4.78, 5) is 12.4. The first-order valence-corrected chi connectivity index (χ1v) is 31.6. The molecule has 0 unspecified atom stereocenters. The van der Waals surface area contributed by atoms with Crippen molar-refractivity contribution in [3.63, 3.8) is 0 Å². The molecule has 10 saturated heterocycles. The van der Waals surface area contributed by atoms with E-state index in [9.17, 15) is 138 Å². The van der Waals surface area contributed by atoms with E-state index in [4.69, 9.17) is 90.0 Å². The van der Waals surface area contributed by atoms with Crippen LogP contribution in [0.2, 0.25) is 0 Å². The minimum atomic E-state index is -2.62. The molecule has 46 heteroatoms. The minimum Gasteiger partial charge on any atom is -0.479 e. The Balaban J connectivity index is 1.08. The summed E-state index contributed by atoms with van der Waals surface area (Å²) >= 11 is 0. The van der Waals surface area contributed by atoms with Crippen molar-refractivity contribution < 1.29 is 228 Å². The third-order valence-corrected chi connectivity index (χ3v) is 18.5. The van der Waals surface area contributed by atoms with Crippen molar-refractivity contribution in [3.8, 4) is 0 Å². The zero-order valence-electron chi connectivity index (χ0n) is 52.1. The molecule has 0 aromatic heterocycles. The van der Waals surface area contributed by atoms with Gasteiger partial charge in [-0.05, 0) is 0 Å². The van der Waals surface area contributed by atoms with Gasteiger partial charge in [-0.25, -0.2) is 4.79 Å². The van der Waals surface area contributed by atoms with E-state index >= 15 is 0 Å². The molecule has 44 atom stereocenters. The first kappa shape index (κ1) is 80.3. The van der Waals surface area contributed by atoms with Crippen molar-refractivity contribution in [1.82, 2.24) is 0 Å². The van der Waals surface area contributed by atoms with E-state index in [1.54, 1.807) is 0 Å². The van der Waals surface area contributed by atoms with Crippen LogP contribution in [0.5, 0.6) is 0 Å². The number of hydrogen-bond donors (Lipinski definition) is 26. The molecule has 10 aliphatic rings. The summed E-state index contributed by atoms with van der Waals surface area (Å²) in [5.41, 5.74) is 0. The normalized spacial score (nSPS) is 53.8. The maximum Gasteiger partial charge on any atom is 0.335 e. The molecule has 10 heterocycles. The number of aliphatic carboxylic acids is 1. The van der Waals surface area contributed by atoms with E-state index in [-0.39, 0.29) is 0 Å². The van der Waals surface area contributed by atoms with Crippen LogP contribution < -0.4 is 0 Å². The van der Waals surface area contributed by atoms with Crippen LogP contribution in [0.3, 0.4) is 0 Å². The second-order valence-electron chi connectivity index (χ2n) is 25.3. The molecule has 0 saturated carbocycles. The van der Waals surface area contributed by atoms with Gasteiger partial charge in [0.15, 0.2) is 69.0 Å². The maximum absolute atomic E-state index is 12.5. The Kier molecular flexibility index (Phi) is 27.5. The monoisotopic (exact) mass is 1470 g/mol. The summed E-state index contributed by atoms with van der Waals surface area (Å²) in [6.07, 6.45) is -96.0. The van der Waals surface area contributed by atoms with Gasteiger partial charge in [0.2, 0.25) is 0 Å². The highest BCUT2D eigenvalue weighted by Gasteiger charge is 2.62. The Hall–Kier alpha value is -2.29. The first-order valence-electron chi connectivity index (χ1n) is 31.6. The minimum absolute atomic E-state index is 0.584. The van der Waals surface area contributed by atoms with E-state index in [2.05, 4.69) is 0 Å². The number of carboxylic acid groups (broad SMARTS) is 1. The van der Waals surface area contributed by atoms with Gasteiger partial charge < -0.3 is 223 Å². The molecular formula is C54H88O46. The fourth-order valence-corrected chi connectivity index (χ4v) is 12.6. The fourth-order valence-electron chi connectivity index (χ4n) is 12.6. The van der Waals surface area contributed by atoms with Crippen LogP contribution in [0.4, 0.5) is 0 Å². The molecule has 0 spiro atoms. The maximum atomic E-state index is 12.5. The van der Waals surface area contributed by atoms with Gasteiger partial charge in [-0.15, -0.1) is 0 Å². The molecule has 26 N–H and O–H groups in total. The lowest BCUT2D eigenvalue weighted by Gasteiger charge is -2.53. The van der Waals surface area contributed by atoms with Gasteiger partial charge in [0.25, 0.3) is 0 Å². The summed E-state index contributed by atoms with van der Waals surface area (Å²) in [6.45, 7) is -8.49. The molecule has 0 bridgehead atoms. The SMILES string of the molecule is O=C(O)[C@H]1O[C@@H](O[C@H]2[C@@H](O[C@H]3O[C@H](CO)[C@@H](O[C@@H]4OC[C@@H](O)[C@H](O)[C@H]4O)[C@H](O[C@H]4O[C@H](CO)[C@@H](O[C@@H]5OC[C@@H](O)[C@H](O)[C@H]5O)[C@H](O)[C@@H]4O[C@@H]4OC[C@@H](O)[C@H](O)[C@H]4O)[C@@H]3O[C@@H]3OC[C@@H](O)[C@H](O)[C@H]3O)[C@H](O[C@@H]3OC[C@@H](O[C@@H]4OC[C@@H](O)[C@H](O)[C@H]4O)[C@H](O)[C@H]3O)[C@@H](CO)O[C@@H]2O)[C@H](O)[C@@H](O)[C@@H]1O. The highest BCUT2D eigenvalue weighted by Crippen LogP contribution is 2.42. The van der Waals surface area contributed by atoms with Crippen molar-refractivity contribution in [2.24, 2.45) is 0 Å². The predicted molar refractivity (Wildman–Crippen MR) is 294 cm³/mol. The summed E-state index contributed by atoms with van der Waals surface area (Å²) in [6, 6.07) is 0. The van der Waals surface area contributed by atoms with E-state index in [1.807, 2.05) is 0 Å². The topological polar surface area (TPSA) is 718 Å². The quantitative estimate of drug-likeness (QED) is 0.0479. The van der Waals surface area contributed by atoms with Crippen LogP contribution in [-0.2, 0) is 94.8 Å². The van der Waals surface area contributed by atoms with Crippen molar-refractivity contribution in [2.75, 3.05) is 59.5 Å². The standard InChI is InChI=1S/C54H88O46/c55-1-15-35(92-47-28(72)20(64)11(59)5-83-47)34(78)39(96-49-30(74)22(66)13(61)7-85-49)53(89-15)98-41-37(94-48-29(73)21(65)12(60)6-84-48)17(3-57)90-54(43(41)100-50-31(75)23(67)14(62)8-86-50)97-40-36(93-51-32(76)24(68)18(9-87-51)91-46-27(71)19(63)10(58)4-82-46)16(2-56)88-45(81)42(40)99-52-33(77)25(69)26(70)38(95-52)44(79)80/h10-43,45-78,81H,1-9H2,(H,79,80)/t10-,11-,12-,13-,14-,15-,16-,17-,18-,19+,20+,21+,22+,23+,24+,25+,26+,27-,28-,29-,30-,31-,32-,33-,34+,35-,36-,37-,38+,39+,40+,41+,42+,43+,45+,46+,47+,48+,49+,50+,51+,52+,53-,54-/m1/s1. The molecule has 580 valence electrons. The van der Waals surface area contributed by atoms with E-state index in [1.165, 1.54) is 0 Å². The third-order valence-electron chi connectivity index (χ3n) is 18.5. The second-order valence-corrected chi connectivity index (χ2v) is 25.3. The average Bonchev–Trinajstić information content (AvgIpc) is 0.737. The molecule has 46 nitrogen and oxygen atoms in total. The van der Waals surface area contributed by atoms with E-state index in [0.717, 1.165) is 0 Å². The Morgan fingerprint density at radius 1 is 0.260 bits per heavy atom. The fraction of sp³-hybridized carbons (Fsp3) is 0.981. The highest BCUT2D eigenvalue weighted by atomic mass is 16.8. The van der Waals surface area contributed by atoms with Gasteiger partial charge in [0.1, 0.15) is 201 Å². The predicted octanol–water partition coefficient (Wildman–Crippen LogP) is -18.9. The molecule has 10 aliphatic heterocycles. The second kappa shape index (κ2) is 34.3. The van der Waals surface area contributed by atoms with E-state index < -0.39 is 336 Å². The van der Waals surface area contributed by atoms with E-state index in [0.29, 0.717) is 0 Å². The van der Waals surface area contributed by atoms with Crippen LogP contribution in [0.25, 0.3) is 0 Å². The lowest BCUT2D eigenvalue weighted by Crippen LogP contribution is -2.71. The molecule has 0 radical (unpaired) electrons. The number of rotatable bonds is 22. The number of aliphatic hydroxyl groups is 25. The Morgan fingerprint density at radius 2 is 0.560 bits per heavy atom. The van der Waals surface area contributed by atoms with Crippen LogP contribution >= 0.6 is 0 Å². The molecule has 0 aromatic carbocycles. The highest BCUT2D eigenvalue weighted by molar-refractivity contribution is 5.73. The van der Waals surface area contributed by atoms with Crippen LogP contribution in [0, 0.1) is 0 Å².